The fourth-order valence-corrected chi connectivity index (χ4v) is 4.46. The molecule has 0 aromatic carbocycles. The Balaban J connectivity index is 2.20. The van der Waals surface area contributed by atoms with E-state index < -0.39 is 9.84 Å². The molecule has 2 rings (SSSR count). The van der Waals surface area contributed by atoms with E-state index >= 15 is 0 Å². The van der Waals surface area contributed by atoms with Crippen molar-refractivity contribution in [1.29, 1.82) is 0 Å². The number of pyridine rings is 1. The third-order valence-corrected chi connectivity index (χ3v) is 6.11. The first kappa shape index (κ1) is 13.3. The molecule has 1 heterocycles. The van der Waals surface area contributed by atoms with Crippen molar-refractivity contribution in [2.75, 3.05) is 5.73 Å². The molecule has 0 amide bonds. The second-order valence-electron chi connectivity index (χ2n) is 4.99. The van der Waals surface area contributed by atoms with Gasteiger partial charge < -0.3 is 5.73 Å². The van der Waals surface area contributed by atoms with Crippen LogP contribution in [0.25, 0.3) is 0 Å². The van der Waals surface area contributed by atoms with Crippen molar-refractivity contribution in [3.8, 4) is 0 Å². The highest BCUT2D eigenvalue weighted by molar-refractivity contribution is 7.92. The summed E-state index contributed by atoms with van der Waals surface area (Å²) < 4.78 is 24.9. The van der Waals surface area contributed by atoms with Gasteiger partial charge in [-0.15, -0.1) is 0 Å². The van der Waals surface area contributed by atoms with E-state index in [4.69, 9.17) is 5.73 Å². The van der Waals surface area contributed by atoms with Crippen LogP contribution in [0.15, 0.2) is 23.4 Å². The second kappa shape index (κ2) is 5.26. The monoisotopic (exact) mass is 268 g/mol. The van der Waals surface area contributed by atoms with E-state index in [0.29, 0.717) is 5.92 Å². The molecule has 1 aromatic rings. The summed E-state index contributed by atoms with van der Waals surface area (Å²) in [5.74, 6) is 0.678. The Morgan fingerprint density at radius 1 is 1.33 bits per heavy atom. The largest absolute Gasteiger partial charge is 0.396 e. The minimum atomic E-state index is -3.36. The van der Waals surface area contributed by atoms with Gasteiger partial charge in [-0.3, -0.25) is 0 Å². The molecule has 0 bridgehead atoms. The third-order valence-electron chi connectivity index (χ3n) is 3.88. The molecule has 0 atom stereocenters. The molecule has 1 aromatic heterocycles. The second-order valence-corrected chi connectivity index (χ2v) is 7.14. The van der Waals surface area contributed by atoms with Crippen molar-refractivity contribution in [1.82, 2.24) is 4.98 Å². The Morgan fingerprint density at radius 2 is 2.00 bits per heavy atom. The average Bonchev–Trinajstić information content (AvgIpc) is 2.39. The van der Waals surface area contributed by atoms with Gasteiger partial charge in [0.1, 0.15) is 0 Å². The molecular formula is C13H20N2O2S. The summed E-state index contributed by atoms with van der Waals surface area (Å²) in [7, 11) is -3.36. The van der Waals surface area contributed by atoms with E-state index in [1.54, 1.807) is 12.1 Å². The number of anilines is 1. The van der Waals surface area contributed by atoms with E-state index in [0.717, 1.165) is 32.1 Å². The van der Waals surface area contributed by atoms with Crippen LogP contribution in [0.3, 0.4) is 0 Å². The number of nitrogens with zero attached hydrogens (tertiary/aromatic N) is 1. The predicted octanol–water partition coefficient (Wildman–Crippen LogP) is 2.41. The number of nitrogens with two attached hydrogens (primary N) is 1. The Labute approximate surface area is 109 Å². The zero-order valence-corrected chi connectivity index (χ0v) is 11.5. The van der Waals surface area contributed by atoms with Gasteiger partial charge >= 0.3 is 0 Å². The molecule has 100 valence electrons. The summed E-state index contributed by atoms with van der Waals surface area (Å²) >= 11 is 0. The quantitative estimate of drug-likeness (QED) is 0.913. The number of hydrogen-bond donors (Lipinski definition) is 1. The van der Waals surface area contributed by atoms with Crippen molar-refractivity contribution < 1.29 is 8.42 Å². The zero-order valence-electron chi connectivity index (χ0n) is 10.7. The maximum absolute atomic E-state index is 12.5. The van der Waals surface area contributed by atoms with Crippen LogP contribution in [0.2, 0.25) is 0 Å². The van der Waals surface area contributed by atoms with Crippen LogP contribution in [0.1, 0.15) is 39.0 Å². The molecule has 18 heavy (non-hydrogen) atoms. The lowest BCUT2D eigenvalue weighted by molar-refractivity contribution is 0.348. The summed E-state index contributed by atoms with van der Waals surface area (Å²) in [5.41, 5.74) is 5.98. The molecule has 0 radical (unpaired) electrons. The molecule has 1 aliphatic carbocycles. The standard InChI is InChI=1S/C13H20N2O2S/c1-2-10-5-7-11(8-6-10)18(16,17)13-12(14)4-3-9-15-13/h3-4,9-11H,2,5-8,14H2,1H3. The van der Waals surface area contributed by atoms with Crippen LogP contribution < -0.4 is 5.73 Å². The van der Waals surface area contributed by atoms with Gasteiger partial charge in [-0.05, 0) is 43.7 Å². The van der Waals surface area contributed by atoms with Gasteiger partial charge in [-0.2, -0.15) is 0 Å². The summed E-state index contributed by atoms with van der Waals surface area (Å²) in [6.45, 7) is 2.16. The molecule has 2 N–H and O–H groups in total. The molecule has 0 saturated heterocycles. The average molecular weight is 268 g/mol. The highest BCUT2D eigenvalue weighted by Crippen LogP contribution is 2.33. The first-order chi connectivity index (χ1) is 8.55. The van der Waals surface area contributed by atoms with Gasteiger partial charge in [0.25, 0.3) is 0 Å². The van der Waals surface area contributed by atoms with Crippen LogP contribution in [0.5, 0.6) is 0 Å². The van der Waals surface area contributed by atoms with E-state index in [-0.39, 0.29) is 16.0 Å². The lowest BCUT2D eigenvalue weighted by Gasteiger charge is -2.27. The Morgan fingerprint density at radius 3 is 2.56 bits per heavy atom. The van der Waals surface area contributed by atoms with E-state index in [1.165, 1.54) is 6.20 Å². The summed E-state index contributed by atoms with van der Waals surface area (Å²) in [6.07, 6.45) is 6.08. The van der Waals surface area contributed by atoms with Crippen LogP contribution in [0.4, 0.5) is 5.69 Å². The molecule has 0 aliphatic heterocycles. The zero-order chi connectivity index (χ0) is 13.2. The fraction of sp³-hybridized carbons (Fsp3) is 0.615. The molecule has 1 saturated carbocycles. The first-order valence-corrected chi connectivity index (χ1v) is 8.04. The first-order valence-electron chi connectivity index (χ1n) is 6.50. The van der Waals surface area contributed by atoms with Crippen molar-refractivity contribution in [2.45, 2.75) is 49.3 Å². The molecule has 0 spiro atoms. The van der Waals surface area contributed by atoms with Gasteiger partial charge in [-0.1, -0.05) is 13.3 Å². The van der Waals surface area contributed by atoms with Gasteiger partial charge in [-0.25, -0.2) is 13.4 Å². The topological polar surface area (TPSA) is 73.0 Å². The van der Waals surface area contributed by atoms with Crippen molar-refractivity contribution in [2.24, 2.45) is 5.92 Å². The van der Waals surface area contributed by atoms with E-state index in [1.807, 2.05) is 0 Å². The smallest absolute Gasteiger partial charge is 0.200 e. The van der Waals surface area contributed by atoms with Crippen molar-refractivity contribution >= 4 is 15.5 Å². The Kier molecular flexibility index (Phi) is 3.90. The van der Waals surface area contributed by atoms with Gasteiger partial charge in [0.05, 0.1) is 10.9 Å². The Hall–Kier alpha value is -1.10. The Bertz CT molecular complexity index is 505. The van der Waals surface area contributed by atoms with Crippen LogP contribution in [-0.4, -0.2) is 18.7 Å². The molecule has 1 fully saturated rings. The molecule has 4 nitrogen and oxygen atoms in total. The molecule has 1 aliphatic rings. The van der Waals surface area contributed by atoms with Gasteiger partial charge in [0, 0.05) is 6.20 Å². The maximum Gasteiger partial charge on any atom is 0.200 e. The normalized spacial score (nSPS) is 24.9. The maximum atomic E-state index is 12.5. The SMILES string of the molecule is CCC1CCC(S(=O)(=O)c2ncccc2N)CC1. The van der Waals surface area contributed by atoms with Crippen LogP contribution >= 0.6 is 0 Å². The highest BCUT2D eigenvalue weighted by atomic mass is 32.2. The number of hydrogen-bond acceptors (Lipinski definition) is 4. The summed E-state index contributed by atoms with van der Waals surface area (Å²) in [4.78, 5) is 3.95. The summed E-state index contributed by atoms with van der Waals surface area (Å²) in [5, 5.41) is -0.248. The van der Waals surface area contributed by atoms with Crippen molar-refractivity contribution in [3.63, 3.8) is 0 Å². The predicted molar refractivity (Wildman–Crippen MR) is 71.9 cm³/mol. The van der Waals surface area contributed by atoms with Crippen molar-refractivity contribution in [3.05, 3.63) is 18.3 Å². The lowest BCUT2D eigenvalue weighted by Crippen LogP contribution is -2.28. The highest BCUT2D eigenvalue weighted by Gasteiger charge is 2.33. The minimum absolute atomic E-state index is 0.0601. The van der Waals surface area contributed by atoms with Gasteiger partial charge in [0.2, 0.25) is 9.84 Å². The fourth-order valence-electron chi connectivity index (χ4n) is 2.65. The summed E-state index contributed by atoms with van der Waals surface area (Å²) in [6, 6.07) is 3.25. The van der Waals surface area contributed by atoms with Crippen LogP contribution in [-0.2, 0) is 9.84 Å². The third kappa shape index (κ3) is 2.51. The molecule has 0 unspecified atom stereocenters. The van der Waals surface area contributed by atoms with Gasteiger partial charge in [0.15, 0.2) is 5.03 Å². The molecular weight excluding hydrogens is 248 g/mol. The number of aromatic nitrogens is 1. The number of nitrogen functional groups attached to an aromatic ring is 1. The van der Waals surface area contributed by atoms with E-state index in [9.17, 15) is 8.42 Å². The van der Waals surface area contributed by atoms with E-state index in [2.05, 4.69) is 11.9 Å². The lowest BCUT2D eigenvalue weighted by atomic mass is 9.87. The van der Waals surface area contributed by atoms with Crippen LogP contribution in [0, 0.1) is 5.92 Å². The molecule has 5 heteroatoms. The number of sulfone groups is 1. The minimum Gasteiger partial charge on any atom is -0.396 e. The number of rotatable bonds is 3.